The van der Waals surface area contributed by atoms with Gasteiger partial charge in [-0.3, -0.25) is 9.59 Å². The molecule has 106 valence electrons. The number of rotatable bonds is 3. The molecule has 1 rings (SSSR count). The molecule has 0 bridgehead atoms. The first kappa shape index (κ1) is 17.2. The van der Waals surface area contributed by atoms with Gasteiger partial charge in [-0.2, -0.15) is 0 Å². The fraction of sp³-hybridized carbons (Fsp3) is 0.818. The lowest BCUT2D eigenvalue weighted by molar-refractivity contribution is -0.143. The summed E-state index contributed by atoms with van der Waals surface area (Å²) in [4.78, 5) is 26.7. The van der Waals surface area contributed by atoms with Gasteiger partial charge in [-0.1, -0.05) is 0 Å². The summed E-state index contributed by atoms with van der Waals surface area (Å²) in [6, 6.07) is 0. The number of likely N-dealkylation sites (N-methyl/N-ethyl adjacent to an activating group) is 1. The zero-order valence-electron chi connectivity index (χ0n) is 11.1. The minimum absolute atomic E-state index is 0. The molecule has 6 nitrogen and oxygen atoms in total. The molecule has 0 saturated carbocycles. The van der Waals surface area contributed by atoms with E-state index in [-0.39, 0.29) is 30.8 Å². The van der Waals surface area contributed by atoms with E-state index in [0.29, 0.717) is 26.3 Å². The van der Waals surface area contributed by atoms with Crippen molar-refractivity contribution < 1.29 is 14.3 Å². The van der Waals surface area contributed by atoms with Crippen LogP contribution in [0.3, 0.4) is 0 Å². The van der Waals surface area contributed by atoms with E-state index in [9.17, 15) is 9.59 Å². The molecule has 0 radical (unpaired) electrons. The van der Waals surface area contributed by atoms with Crippen LogP contribution in [0.1, 0.15) is 13.8 Å². The molecule has 2 N–H and O–H groups in total. The van der Waals surface area contributed by atoms with Gasteiger partial charge >= 0.3 is 0 Å². The van der Waals surface area contributed by atoms with E-state index in [4.69, 9.17) is 10.5 Å². The van der Waals surface area contributed by atoms with E-state index in [1.165, 1.54) is 4.90 Å². The summed E-state index contributed by atoms with van der Waals surface area (Å²) in [6.07, 6.45) is 0. The predicted octanol–water partition coefficient (Wildman–Crippen LogP) is -0.537. The van der Waals surface area contributed by atoms with Crippen molar-refractivity contribution in [3.05, 3.63) is 0 Å². The van der Waals surface area contributed by atoms with Crippen molar-refractivity contribution in [2.45, 2.75) is 19.4 Å². The Kier molecular flexibility index (Phi) is 6.59. The summed E-state index contributed by atoms with van der Waals surface area (Å²) in [6.45, 7) is 5.63. The van der Waals surface area contributed by atoms with Crippen LogP contribution in [-0.2, 0) is 14.3 Å². The van der Waals surface area contributed by atoms with Gasteiger partial charge in [0.15, 0.2) is 0 Å². The number of nitrogens with two attached hydrogens (primary N) is 1. The van der Waals surface area contributed by atoms with Gasteiger partial charge in [-0.15, -0.1) is 12.4 Å². The van der Waals surface area contributed by atoms with E-state index < -0.39 is 5.54 Å². The highest BCUT2D eigenvalue weighted by Crippen LogP contribution is 2.04. The van der Waals surface area contributed by atoms with Gasteiger partial charge in [-0.25, -0.2) is 0 Å². The number of amides is 2. The van der Waals surface area contributed by atoms with Crippen molar-refractivity contribution in [2.75, 3.05) is 39.9 Å². The van der Waals surface area contributed by atoms with Crippen molar-refractivity contribution in [1.82, 2.24) is 9.80 Å². The van der Waals surface area contributed by atoms with Gasteiger partial charge in [-0.05, 0) is 13.8 Å². The predicted molar refractivity (Wildman–Crippen MR) is 70.6 cm³/mol. The highest BCUT2D eigenvalue weighted by atomic mass is 35.5. The summed E-state index contributed by atoms with van der Waals surface area (Å²) in [5.41, 5.74) is 4.75. The summed E-state index contributed by atoms with van der Waals surface area (Å²) in [5.74, 6) is -0.299. The second-order valence-electron chi connectivity index (χ2n) is 4.88. The third-order valence-corrected chi connectivity index (χ3v) is 2.63. The first-order valence-electron chi connectivity index (χ1n) is 5.72. The monoisotopic (exact) mass is 279 g/mol. The average Bonchev–Trinajstić information content (AvgIpc) is 2.27. The second-order valence-corrected chi connectivity index (χ2v) is 4.88. The number of ether oxygens (including phenoxy) is 1. The Bertz CT molecular complexity index is 298. The molecule has 1 saturated heterocycles. The molecule has 0 aromatic heterocycles. The fourth-order valence-electron chi connectivity index (χ4n) is 1.68. The maximum atomic E-state index is 11.9. The first-order valence-corrected chi connectivity index (χ1v) is 5.72. The molecule has 7 heteroatoms. The lowest BCUT2D eigenvalue weighted by Gasteiger charge is -2.30. The van der Waals surface area contributed by atoms with Crippen molar-refractivity contribution in [3.63, 3.8) is 0 Å². The second kappa shape index (κ2) is 6.92. The van der Waals surface area contributed by atoms with Gasteiger partial charge in [0.1, 0.15) is 0 Å². The minimum atomic E-state index is -0.944. The summed E-state index contributed by atoms with van der Waals surface area (Å²) in [5, 5.41) is 0. The van der Waals surface area contributed by atoms with E-state index in [1.807, 2.05) is 0 Å². The van der Waals surface area contributed by atoms with Gasteiger partial charge in [0.25, 0.3) is 0 Å². The van der Waals surface area contributed by atoms with Crippen LogP contribution in [-0.4, -0.2) is 67.0 Å². The number of morpholine rings is 1. The summed E-state index contributed by atoms with van der Waals surface area (Å²) < 4.78 is 5.16. The molecular weight excluding hydrogens is 258 g/mol. The van der Waals surface area contributed by atoms with Crippen LogP contribution in [0.2, 0.25) is 0 Å². The molecule has 1 aliphatic rings. The van der Waals surface area contributed by atoms with E-state index in [1.54, 1.807) is 25.8 Å². The molecule has 18 heavy (non-hydrogen) atoms. The molecule has 0 aromatic carbocycles. The van der Waals surface area contributed by atoms with E-state index in [0.717, 1.165) is 0 Å². The lowest BCUT2D eigenvalue weighted by atomic mass is 10.1. The zero-order valence-corrected chi connectivity index (χ0v) is 12.0. The number of nitrogens with zero attached hydrogens (tertiary/aromatic N) is 2. The normalized spacial score (nSPS) is 15.9. The molecule has 1 fully saturated rings. The standard InChI is InChI=1S/C11H21N3O3.ClH/c1-11(2,12)10(16)13(3)8-9(15)14-4-6-17-7-5-14;/h4-8,12H2,1-3H3;1H. The Morgan fingerprint density at radius 3 is 2.28 bits per heavy atom. The molecule has 0 spiro atoms. The topological polar surface area (TPSA) is 75.9 Å². The minimum Gasteiger partial charge on any atom is -0.378 e. The Balaban J connectivity index is 0.00000289. The van der Waals surface area contributed by atoms with Gasteiger partial charge < -0.3 is 20.3 Å². The van der Waals surface area contributed by atoms with Crippen molar-refractivity contribution in [1.29, 1.82) is 0 Å². The fourth-order valence-corrected chi connectivity index (χ4v) is 1.68. The molecule has 0 atom stereocenters. The van der Waals surface area contributed by atoms with Crippen LogP contribution < -0.4 is 5.73 Å². The molecule has 1 aliphatic heterocycles. The number of halogens is 1. The quantitative estimate of drug-likeness (QED) is 0.753. The van der Waals surface area contributed by atoms with Crippen LogP contribution in [0.25, 0.3) is 0 Å². The van der Waals surface area contributed by atoms with Crippen LogP contribution >= 0.6 is 12.4 Å². The van der Waals surface area contributed by atoms with E-state index >= 15 is 0 Å². The smallest absolute Gasteiger partial charge is 0.242 e. The Hall–Kier alpha value is -0.850. The van der Waals surface area contributed by atoms with Crippen LogP contribution in [0, 0.1) is 0 Å². The number of carbonyl (C=O) groups excluding carboxylic acids is 2. The third kappa shape index (κ3) is 4.80. The Morgan fingerprint density at radius 1 is 1.33 bits per heavy atom. The zero-order chi connectivity index (χ0) is 13.1. The molecule has 0 unspecified atom stereocenters. The molecule has 0 aliphatic carbocycles. The highest BCUT2D eigenvalue weighted by Gasteiger charge is 2.28. The Labute approximate surface area is 114 Å². The summed E-state index contributed by atoms with van der Waals surface area (Å²) >= 11 is 0. The highest BCUT2D eigenvalue weighted by molar-refractivity contribution is 5.89. The lowest BCUT2D eigenvalue weighted by Crippen LogP contribution is -2.53. The molecular formula is C11H22ClN3O3. The Morgan fingerprint density at radius 2 is 1.83 bits per heavy atom. The van der Waals surface area contributed by atoms with Crippen molar-refractivity contribution in [3.8, 4) is 0 Å². The molecule has 0 aromatic rings. The number of hydrogen-bond donors (Lipinski definition) is 1. The van der Waals surface area contributed by atoms with Crippen LogP contribution in [0.5, 0.6) is 0 Å². The maximum Gasteiger partial charge on any atom is 0.242 e. The largest absolute Gasteiger partial charge is 0.378 e. The summed E-state index contributed by atoms with van der Waals surface area (Å²) in [7, 11) is 1.59. The van der Waals surface area contributed by atoms with Gasteiger partial charge in [0.2, 0.25) is 11.8 Å². The molecule has 1 heterocycles. The third-order valence-electron chi connectivity index (χ3n) is 2.63. The first-order chi connectivity index (χ1) is 7.82. The van der Waals surface area contributed by atoms with Crippen molar-refractivity contribution >= 4 is 24.2 Å². The number of carbonyl (C=O) groups is 2. The number of hydrogen-bond acceptors (Lipinski definition) is 4. The molecule has 2 amide bonds. The van der Waals surface area contributed by atoms with E-state index in [2.05, 4.69) is 0 Å². The van der Waals surface area contributed by atoms with Gasteiger partial charge in [0, 0.05) is 20.1 Å². The van der Waals surface area contributed by atoms with Crippen LogP contribution in [0.15, 0.2) is 0 Å². The van der Waals surface area contributed by atoms with Crippen molar-refractivity contribution in [2.24, 2.45) is 5.73 Å². The van der Waals surface area contributed by atoms with Gasteiger partial charge in [0.05, 0.1) is 25.3 Å². The maximum absolute atomic E-state index is 11.9. The SMILES string of the molecule is CN(CC(=O)N1CCOCC1)C(=O)C(C)(C)N.Cl. The average molecular weight is 280 g/mol. The van der Waals surface area contributed by atoms with Crippen LogP contribution in [0.4, 0.5) is 0 Å².